The molecule has 1 aromatic rings. The summed E-state index contributed by atoms with van der Waals surface area (Å²) in [5, 5.41) is 3.54. The molecule has 4 heteroatoms. The molecule has 1 N–H and O–H groups in total. The van der Waals surface area contributed by atoms with E-state index >= 15 is 0 Å². The van der Waals surface area contributed by atoms with Crippen LogP contribution in [0.5, 0.6) is 0 Å². The van der Waals surface area contributed by atoms with Crippen molar-refractivity contribution in [3.8, 4) is 0 Å². The quantitative estimate of drug-likeness (QED) is 0.743. The van der Waals surface area contributed by atoms with E-state index < -0.39 is 0 Å². The van der Waals surface area contributed by atoms with Crippen LogP contribution in [0.1, 0.15) is 40.2 Å². The Labute approximate surface area is 123 Å². The number of hydrogen-bond donors (Lipinski definition) is 1. The van der Waals surface area contributed by atoms with E-state index in [0.717, 1.165) is 32.8 Å². The molecule has 1 heterocycles. The van der Waals surface area contributed by atoms with Crippen LogP contribution < -0.4 is 10.2 Å². The second kappa shape index (κ2) is 8.22. The molecule has 0 saturated heterocycles. The van der Waals surface area contributed by atoms with Gasteiger partial charge in [-0.25, -0.2) is 0 Å². The lowest BCUT2D eigenvalue weighted by Gasteiger charge is -2.27. The summed E-state index contributed by atoms with van der Waals surface area (Å²) in [6, 6.07) is 2.09. The second-order valence-electron chi connectivity index (χ2n) is 5.88. The van der Waals surface area contributed by atoms with Crippen LogP contribution in [-0.4, -0.2) is 36.8 Å². The van der Waals surface area contributed by atoms with Crippen molar-refractivity contribution in [2.75, 3.05) is 31.2 Å². The van der Waals surface area contributed by atoms with Gasteiger partial charge >= 0.3 is 0 Å². The largest absolute Gasteiger partial charge is 0.380 e. The van der Waals surface area contributed by atoms with E-state index in [9.17, 15) is 0 Å². The highest BCUT2D eigenvalue weighted by Crippen LogP contribution is 2.19. The molecule has 20 heavy (non-hydrogen) atoms. The highest BCUT2D eigenvalue weighted by atomic mass is 16.5. The van der Waals surface area contributed by atoms with E-state index in [1.54, 1.807) is 0 Å². The maximum absolute atomic E-state index is 5.46. The van der Waals surface area contributed by atoms with Gasteiger partial charge in [0.15, 0.2) is 0 Å². The lowest BCUT2D eigenvalue weighted by atomic mass is 10.1. The van der Waals surface area contributed by atoms with Crippen LogP contribution in [0, 0.1) is 0 Å². The van der Waals surface area contributed by atoms with Gasteiger partial charge in [-0.3, -0.25) is 4.98 Å². The molecule has 0 aliphatic heterocycles. The Bertz CT molecular complexity index is 388. The fraction of sp³-hybridized carbons (Fsp3) is 0.688. The summed E-state index contributed by atoms with van der Waals surface area (Å²) in [6.45, 7) is 15.0. The molecule has 1 rings (SSSR count). The fourth-order valence-electron chi connectivity index (χ4n) is 1.98. The van der Waals surface area contributed by atoms with Crippen LogP contribution in [0.25, 0.3) is 0 Å². The maximum atomic E-state index is 5.46. The molecule has 0 saturated carbocycles. The molecule has 0 radical (unpaired) electrons. The van der Waals surface area contributed by atoms with Gasteiger partial charge in [0, 0.05) is 38.0 Å². The monoisotopic (exact) mass is 279 g/mol. The van der Waals surface area contributed by atoms with Crippen LogP contribution in [0.2, 0.25) is 0 Å². The zero-order chi connectivity index (χ0) is 15.0. The predicted octanol–water partition coefficient (Wildman–Crippen LogP) is 2.83. The molecule has 0 atom stereocenters. The van der Waals surface area contributed by atoms with Gasteiger partial charge in [-0.2, -0.15) is 0 Å². The van der Waals surface area contributed by atoms with Crippen LogP contribution in [0.4, 0.5) is 5.69 Å². The van der Waals surface area contributed by atoms with Gasteiger partial charge < -0.3 is 15.0 Å². The van der Waals surface area contributed by atoms with Gasteiger partial charge in [-0.15, -0.1) is 0 Å². The summed E-state index contributed by atoms with van der Waals surface area (Å²) in [4.78, 5) is 6.60. The van der Waals surface area contributed by atoms with E-state index in [-0.39, 0.29) is 5.54 Å². The van der Waals surface area contributed by atoms with Gasteiger partial charge in [0.05, 0.1) is 18.5 Å². The number of anilines is 1. The third-order valence-corrected chi connectivity index (χ3v) is 3.13. The molecule has 0 aromatic carbocycles. The SMILES string of the molecule is CCOCCN(CC)c1cnccc1CNC(C)(C)C. The molecular formula is C16H29N3O. The van der Waals surface area contributed by atoms with Crippen molar-refractivity contribution in [3.63, 3.8) is 0 Å². The zero-order valence-electron chi connectivity index (χ0n) is 13.6. The van der Waals surface area contributed by atoms with Crippen LogP contribution in [0.15, 0.2) is 18.5 Å². The molecule has 0 amide bonds. The van der Waals surface area contributed by atoms with E-state index in [0.29, 0.717) is 0 Å². The third-order valence-electron chi connectivity index (χ3n) is 3.13. The second-order valence-corrected chi connectivity index (χ2v) is 5.88. The minimum absolute atomic E-state index is 0.114. The summed E-state index contributed by atoms with van der Waals surface area (Å²) >= 11 is 0. The molecule has 0 unspecified atom stereocenters. The van der Waals surface area contributed by atoms with Crippen molar-refractivity contribution in [2.24, 2.45) is 0 Å². The number of nitrogens with one attached hydrogen (secondary N) is 1. The highest BCUT2D eigenvalue weighted by Gasteiger charge is 2.13. The van der Waals surface area contributed by atoms with Crippen molar-refractivity contribution in [1.82, 2.24) is 10.3 Å². The van der Waals surface area contributed by atoms with Crippen molar-refractivity contribution >= 4 is 5.69 Å². The molecule has 0 fully saturated rings. The molecule has 0 aliphatic rings. The first-order chi connectivity index (χ1) is 9.48. The van der Waals surface area contributed by atoms with Gasteiger partial charge in [0.1, 0.15) is 0 Å². The Morgan fingerprint density at radius 1 is 1.30 bits per heavy atom. The van der Waals surface area contributed by atoms with Crippen molar-refractivity contribution in [2.45, 2.75) is 46.7 Å². The first-order valence-electron chi connectivity index (χ1n) is 7.48. The van der Waals surface area contributed by atoms with Crippen molar-refractivity contribution in [3.05, 3.63) is 24.0 Å². The zero-order valence-corrected chi connectivity index (χ0v) is 13.6. The Morgan fingerprint density at radius 2 is 2.05 bits per heavy atom. The normalized spacial score (nSPS) is 11.7. The number of hydrogen-bond acceptors (Lipinski definition) is 4. The summed E-state index contributed by atoms with van der Waals surface area (Å²) in [5.74, 6) is 0. The van der Waals surface area contributed by atoms with E-state index in [1.165, 1.54) is 11.3 Å². The number of nitrogens with zero attached hydrogens (tertiary/aromatic N) is 2. The highest BCUT2D eigenvalue weighted by molar-refractivity contribution is 5.51. The van der Waals surface area contributed by atoms with E-state index in [4.69, 9.17) is 4.74 Å². The average molecular weight is 279 g/mol. The molecule has 4 nitrogen and oxygen atoms in total. The first kappa shape index (κ1) is 16.9. The van der Waals surface area contributed by atoms with Gasteiger partial charge in [0.2, 0.25) is 0 Å². The third kappa shape index (κ3) is 5.88. The molecule has 1 aromatic heterocycles. The summed E-state index contributed by atoms with van der Waals surface area (Å²) in [7, 11) is 0. The van der Waals surface area contributed by atoms with Gasteiger partial charge in [-0.05, 0) is 46.2 Å². The van der Waals surface area contributed by atoms with Crippen LogP contribution in [-0.2, 0) is 11.3 Å². The number of aromatic nitrogens is 1. The maximum Gasteiger partial charge on any atom is 0.0641 e. The van der Waals surface area contributed by atoms with Crippen molar-refractivity contribution < 1.29 is 4.74 Å². The topological polar surface area (TPSA) is 37.4 Å². The average Bonchev–Trinajstić information content (AvgIpc) is 2.41. The van der Waals surface area contributed by atoms with E-state index in [2.05, 4.69) is 49.0 Å². The Balaban J connectivity index is 2.76. The number of likely N-dealkylation sites (N-methyl/N-ethyl adjacent to an activating group) is 1. The minimum atomic E-state index is 0.114. The molecule has 114 valence electrons. The molecular weight excluding hydrogens is 250 g/mol. The van der Waals surface area contributed by atoms with Crippen molar-refractivity contribution in [1.29, 1.82) is 0 Å². The Morgan fingerprint density at radius 3 is 2.65 bits per heavy atom. The van der Waals surface area contributed by atoms with Gasteiger partial charge in [-0.1, -0.05) is 0 Å². The molecule has 0 aliphatic carbocycles. The summed E-state index contributed by atoms with van der Waals surface area (Å²) in [5.41, 5.74) is 2.60. The number of ether oxygens (including phenoxy) is 1. The van der Waals surface area contributed by atoms with Crippen LogP contribution >= 0.6 is 0 Å². The summed E-state index contributed by atoms with van der Waals surface area (Å²) < 4.78 is 5.46. The van der Waals surface area contributed by atoms with E-state index in [1.807, 2.05) is 19.3 Å². The minimum Gasteiger partial charge on any atom is -0.380 e. The lowest BCUT2D eigenvalue weighted by Crippen LogP contribution is -2.36. The smallest absolute Gasteiger partial charge is 0.0641 e. The Hall–Kier alpha value is -1.13. The number of pyridine rings is 1. The molecule has 0 spiro atoms. The number of rotatable bonds is 8. The van der Waals surface area contributed by atoms with Gasteiger partial charge in [0.25, 0.3) is 0 Å². The summed E-state index contributed by atoms with van der Waals surface area (Å²) in [6.07, 6.45) is 3.81. The van der Waals surface area contributed by atoms with Crippen LogP contribution in [0.3, 0.4) is 0 Å². The molecule has 0 bridgehead atoms. The fourth-order valence-corrected chi connectivity index (χ4v) is 1.98. The Kier molecular flexibility index (Phi) is 6.96. The first-order valence-corrected chi connectivity index (χ1v) is 7.48. The lowest BCUT2D eigenvalue weighted by molar-refractivity contribution is 0.154. The standard InChI is InChI=1S/C16H29N3O/c1-6-19(10-11-20-7-2)15-13-17-9-8-14(15)12-18-16(3,4)5/h8-9,13,18H,6-7,10-12H2,1-5H3. The predicted molar refractivity (Wildman–Crippen MR) is 85.2 cm³/mol.